The molecule has 3 aromatic rings. The molecule has 0 radical (unpaired) electrons. The van der Waals surface area contributed by atoms with Gasteiger partial charge in [-0.3, -0.25) is 4.79 Å². The first kappa shape index (κ1) is 29.1. The van der Waals surface area contributed by atoms with Gasteiger partial charge in [0.25, 0.3) is 0 Å². The van der Waals surface area contributed by atoms with E-state index >= 15 is 0 Å². The topological polar surface area (TPSA) is 50.4 Å². The van der Waals surface area contributed by atoms with Crippen LogP contribution in [0, 0.1) is 17.8 Å². The number of alkyl halides is 3. The predicted octanol–water partition coefficient (Wildman–Crippen LogP) is 9.38. The van der Waals surface area contributed by atoms with Crippen LogP contribution in [0.3, 0.4) is 0 Å². The molecule has 35 heavy (non-hydrogen) atoms. The summed E-state index contributed by atoms with van der Waals surface area (Å²) in [5, 5.41) is 10.7. The van der Waals surface area contributed by atoms with E-state index in [1.165, 1.54) is 30.3 Å². The Morgan fingerprint density at radius 2 is 1.60 bits per heavy atom. The lowest BCUT2D eigenvalue weighted by atomic mass is 9.84. The Balaban J connectivity index is 0.00000432. The highest BCUT2D eigenvalue weighted by Crippen LogP contribution is 2.42. The molecule has 3 nitrogen and oxygen atoms in total. The monoisotopic (exact) mass is 530 g/mol. The third kappa shape index (κ3) is 6.53. The lowest BCUT2D eigenvalue weighted by Crippen LogP contribution is -2.17. The predicted molar refractivity (Wildman–Crippen MR) is 137 cm³/mol. The summed E-state index contributed by atoms with van der Waals surface area (Å²) in [6.45, 7) is 8.28. The largest absolute Gasteiger partial charge is 0.508 e. The SMILES string of the molecule is C.CC(C)CC(Cc1c(O)ccc2c(=O)c(-c3ccc(Cl)cc3Cl)c(C(F)(F)F)oc12)CC(C)C. The molecule has 0 aliphatic rings. The number of fused-ring (bicyclic) bond motifs is 1. The third-order valence-corrected chi connectivity index (χ3v) is 6.25. The van der Waals surface area contributed by atoms with E-state index in [1.807, 2.05) is 0 Å². The quantitative estimate of drug-likeness (QED) is 0.331. The van der Waals surface area contributed by atoms with Crippen molar-refractivity contribution in [2.45, 2.75) is 60.6 Å². The summed E-state index contributed by atoms with van der Waals surface area (Å²) in [6.07, 6.45) is -3.03. The first-order chi connectivity index (χ1) is 15.8. The summed E-state index contributed by atoms with van der Waals surface area (Å²) in [7, 11) is 0. The van der Waals surface area contributed by atoms with Crippen molar-refractivity contribution in [3.05, 3.63) is 61.9 Å². The van der Waals surface area contributed by atoms with Crippen LogP contribution in [0.1, 0.15) is 59.3 Å². The zero-order valence-corrected chi connectivity index (χ0v) is 20.9. The molecule has 1 heterocycles. The lowest BCUT2D eigenvalue weighted by Gasteiger charge is -2.22. The van der Waals surface area contributed by atoms with Crippen LogP contribution in [0.25, 0.3) is 22.1 Å². The van der Waals surface area contributed by atoms with Gasteiger partial charge in [0.05, 0.1) is 16.0 Å². The molecule has 0 fully saturated rings. The van der Waals surface area contributed by atoms with Gasteiger partial charge in [-0.05, 0) is 61.3 Å². The maximum atomic E-state index is 14.1. The minimum absolute atomic E-state index is 0. The lowest BCUT2D eigenvalue weighted by molar-refractivity contribution is -0.152. The maximum Gasteiger partial charge on any atom is 0.450 e. The van der Waals surface area contributed by atoms with Gasteiger partial charge in [0.2, 0.25) is 11.2 Å². The van der Waals surface area contributed by atoms with Gasteiger partial charge in [-0.1, -0.05) is 64.4 Å². The minimum Gasteiger partial charge on any atom is -0.508 e. The highest BCUT2D eigenvalue weighted by molar-refractivity contribution is 6.36. The second-order valence-corrected chi connectivity index (χ2v) is 10.4. The van der Waals surface area contributed by atoms with Crippen LogP contribution < -0.4 is 5.43 Å². The van der Waals surface area contributed by atoms with E-state index in [4.69, 9.17) is 27.6 Å². The van der Waals surface area contributed by atoms with Gasteiger partial charge in [0.1, 0.15) is 11.3 Å². The molecule has 0 unspecified atom stereocenters. The molecule has 0 aliphatic heterocycles. The van der Waals surface area contributed by atoms with Gasteiger partial charge in [0, 0.05) is 16.1 Å². The van der Waals surface area contributed by atoms with Crippen LogP contribution in [-0.2, 0) is 12.6 Å². The van der Waals surface area contributed by atoms with Crippen LogP contribution in [0.2, 0.25) is 10.0 Å². The van der Waals surface area contributed by atoms with Crippen molar-refractivity contribution < 1.29 is 22.7 Å². The zero-order valence-electron chi connectivity index (χ0n) is 19.4. The maximum absolute atomic E-state index is 14.1. The van der Waals surface area contributed by atoms with E-state index in [1.54, 1.807) is 0 Å². The van der Waals surface area contributed by atoms with Crippen molar-refractivity contribution in [3.8, 4) is 16.9 Å². The standard InChI is InChI=1S/C26H27Cl2F3O3.CH4/c1-13(2)9-15(10-14(3)4)11-19-21(32)8-7-18-23(33)22(17-6-5-16(27)12-20(17)28)25(26(29,30)31)34-24(18)19;/h5-8,12-15,32H,9-11H2,1-4H3;1H4. The molecule has 192 valence electrons. The van der Waals surface area contributed by atoms with Crippen molar-refractivity contribution in [3.63, 3.8) is 0 Å². The second-order valence-electron chi connectivity index (χ2n) is 9.53. The number of halogens is 5. The third-order valence-electron chi connectivity index (χ3n) is 5.70. The summed E-state index contributed by atoms with van der Waals surface area (Å²) in [6, 6.07) is 6.51. The molecule has 0 atom stereocenters. The van der Waals surface area contributed by atoms with Crippen LogP contribution in [0.5, 0.6) is 5.75 Å². The highest BCUT2D eigenvalue weighted by atomic mass is 35.5. The molecule has 2 aromatic carbocycles. The summed E-state index contributed by atoms with van der Waals surface area (Å²) in [4.78, 5) is 13.4. The summed E-state index contributed by atoms with van der Waals surface area (Å²) < 4.78 is 47.8. The number of rotatable bonds is 7. The molecule has 0 amide bonds. The van der Waals surface area contributed by atoms with Crippen molar-refractivity contribution in [2.75, 3.05) is 0 Å². The molecule has 0 aliphatic carbocycles. The molecule has 1 N–H and O–H groups in total. The second kappa shape index (κ2) is 11.3. The van der Waals surface area contributed by atoms with Gasteiger partial charge < -0.3 is 9.52 Å². The zero-order chi connectivity index (χ0) is 25.4. The van der Waals surface area contributed by atoms with Crippen molar-refractivity contribution in [1.29, 1.82) is 0 Å². The van der Waals surface area contributed by atoms with Gasteiger partial charge >= 0.3 is 6.18 Å². The Kier molecular flexibility index (Phi) is 9.34. The number of aromatic hydroxyl groups is 1. The summed E-state index contributed by atoms with van der Waals surface area (Å²) in [5.41, 5.74) is -1.72. The Hall–Kier alpha value is -2.18. The van der Waals surface area contributed by atoms with Crippen LogP contribution >= 0.6 is 23.2 Å². The van der Waals surface area contributed by atoms with Gasteiger partial charge in [-0.25, -0.2) is 0 Å². The fraction of sp³-hybridized carbons (Fsp3) is 0.444. The summed E-state index contributed by atoms with van der Waals surface area (Å²) in [5.74, 6) is -0.833. The fourth-order valence-electron chi connectivity index (χ4n) is 4.52. The van der Waals surface area contributed by atoms with E-state index in [9.17, 15) is 23.1 Å². The smallest absolute Gasteiger partial charge is 0.450 e. The highest BCUT2D eigenvalue weighted by Gasteiger charge is 2.40. The van der Waals surface area contributed by atoms with Crippen LogP contribution in [0.4, 0.5) is 13.2 Å². The Morgan fingerprint density at radius 3 is 2.11 bits per heavy atom. The average Bonchev–Trinajstić information content (AvgIpc) is 2.69. The van der Waals surface area contributed by atoms with E-state index in [2.05, 4.69) is 27.7 Å². The Labute approximate surface area is 213 Å². The first-order valence-corrected chi connectivity index (χ1v) is 11.9. The molecule has 0 spiro atoms. The molecule has 0 bridgehead atoms. The van der Waals surface area contributed by atoms with Crippen LogP contribution in [0.15, 0.2) is 39.5 Å². The molecular weight excluding hydrogens is 500 g/mol. The molecule has 1 aromatic heterocycles. The van der Waals surface area contributed by atoms with Gasteiger partial charge in [-0.15, -0.1) is 0 Å². The molecule has 0 saturated carbocycles. The number of phenols is 1. The van der Waals surface area contributed by atoms with E-state index in [-0.39, 0.29) is 51.2 Å². The van der Waals surface area contributed by atoms with E-state index in [0.29, 0.717) is 18.3 Å². The summed E-state index contributed by atoms with van der Waals surface area (Å²) >= 11 is 12.1. The molecule has 3 rings (SSSR count). The number of benzene rings is 2. The van der Waals surface area contributed by atoms with E-state index in [0.717, 1.165) is 12.8 Å². The Morgan fingerprint density at radius 1 is 1.00 bits per heavy atom. The van der Waals surface area contributed by atoms with Crippen molar-refractivity contribution in [1.82, 2.24) is 0 Å². The van der Waals surface area contributed by atoms with E-state index < -0.39 is 22.9 Å². The van der Waals surface area contributed by atoms with Gasteiger partial charge in [-0.2, -0.15) is 13.2 Å². The van der Waals surface area contributed by atoms with Crippen LogP contribution in [-0.4, -0.2) is 5.11 Å². The molecular formula is C27H31Cl2F3O3. The normalized spacial score (nSPS) is 12.1. The van der Waals surface area contributed by atoms with Gasteiger partial charge in [0.15, 0.2) is 0 Å². The number of phenolic OH excluding ortho intramolecular Hbond substituents is 1. The first-order valence-electron chi connectivity index (χ1n) is 11.1. The van der Waals surface area contributed by atoms with Crippen molar-refractivity contribution in [2.24, 2.45) is 17.8 Å². The number of hydrogen-bond donors (Lipinski definition) is 1. The number of hydrogen-bond acceptors (Lipinski definition) is 3. The fourth-order valence-corrected chi connectivity index (χ4v) is 5.03. The minimum atomic E-state index is -4.97. The molecule has 8 heteroatoms. The average molecular weight is 531 g/mol. The Bertz CT molecular complexity index is 1240. The molecule has 0 saturated heterocycles. The van der Waals surface area contributed by atoms with Crippen molar-refractivity contribution >= 4 is 34.2 Å².